The van der Waals surface area contributed by atoms with E-state index in [9.17, 15) is 0 Å². The SMILES string of the molecule is CCC(Nc1nccn2ncc(Br)c12)C1CCC1. The number of hydrogen-bond acceptors (Lipinski definition) is 3. The lowest BCUT2D eigenvalue weighted by Crippen LogP contribution is -2.33. The quantitative estimate of drug-likeness (QED) is 0.940. The van der Waals surface area contributed by atoms with Crippen molar-refractivity contribution >= 4 is 27.3 Å². The molecule has 96 valence electrons. The van der Waals surface area contributed by atoms with Gasteiger partial charge in [0.2, 0.25) is 0 Å². The highest BCUT2D eigenvalue weighted by atomic mass is 79.9. The predicted octanol–water partition coefficient (Wildman–Crippen LogP) is 3.48. The number of nitrogens with one attached hydrogen (secondary N) is 1. The van der Waals surface area contributed by atoms with Gasteiger partial charge in [-0.25, -0.2) is 9.50 Å². The highest BCUT2D eigenvalue weighted by molar-refractivity contribution is 9.10. The molecule has 1 atom stereocenters. The van der Waals surface area contributed by atoms with Crippen LogP contribution in [0.5, 0.6) is 0 Å². The Bertz CT molecular complexity index is 547. The maximum atomic E-state index is 4.47. The Hall–Kier alpha value is -1.10. The Labute approximate surface area is 115 Å². The van der Waals surface area contributed by atoms with Crippen LogP contribution < -0.4 is 5.32 Å². The first-order chi connectivity index (χ1) is 8.79. The average molecular weight is 309 g/mol. The first-order valence-electron chi connectivity index (χ1n) is 6.54. The second kappa shape index (κ2) is 4.88. The standard InChI is InChI=1S/C13H17BrN4/c1-2-11(9-4-3-5-9)17-13-12-10(14)8-16-18(12)7-6-15-13/h6-9,11H,2-5H2,1H3,(H,15,17). The Morgan fingerprint density at radius 3 is 3.06 bits per heavy atom. The number of halogens is 1. The van der Waals surface area contributed by atoms with Gasteiger partial charge in [-0.1, -0.05) is 13.3 Å². The average Bonchev–Trinajstić information content (AvgIpc) is 2.69. The summed E-state index contributed by atoms with van der Waals surface area (Å²) in [5, 5.41) is 7.88. The molecule has 0 amide bonds. The van der Waals surface area contributed by atoms with E-state index in [0.717, 1.165) is 28.1 Å². The van der Waals surface area contributed by atoms with Gasteiger partial charge in [0.05, 0.1) is 10.7 Å². The monoisotopic (exact) mass is 308 g/mol. The number of fused-ring (bicyclic) bond motifs is 1. The molecular weight excluding hydrogens is 292 g/mol. The minimum Gasteiger partial charge on any atom is -0.365 e. The molecule has 3 rings (SSSR count). The highest BCUT2D eigenvalue weighted by Gasteiger charge is 2.26. The molecule has 4 nitrogen and oxygen atoms in total. The smallest absolute Gasteiger partial charge is 0.153 e. The molecule has 1 N–H and O–H groups in total. The summed E-state index contributed by atoms with van der Waals surface area (Å²) in [4.78, 5) is 4.47. The van der Waals surface area contributed by atoms with Crippen LogP contribution >= 0.6 is 15.9 Å². The molecule has 1 aliphatic rings. The molecule has 1 fully saturated rings. The molecular formula is C13H17BrN4. The van der Waals surface area contributed by atoms with Gasteiger partial charge in [-0.2, -0.15) is 5.10 Å². The van der Waals surface area contributed by atoms with Gasteiger partial charge in [0.1, 0.15) is 5.52 Å². The topological polar surface area (TPSA) is 42.2 Å². The summed E-state index contributed by atoms with van der Waals surface area (Å²) in [6.45, 7) is 2.24. The van der Waals surface area contributed by atoms with Crippen LogP contribution in [-0.4, -0.2) is 20.6 Å². The number of anilines is 1. The van der Waals surface area contributed by atoms with E-state index in [0.29, 0.717) is 6.04 Å². The first kappa shape index (κ1) is 12.0. The van der Waals surface area contributed by atoms with Crippen LogP contribution in [-0.2, 0) is 0 Å². The number of aromatic nitrogens is 3. The van der Waals surface area contributed by atoms with E-state index < -0.39 is 0 Å². The maximum absolute atomic E-state index is 4.47. The Balaban J connectivity index is 1.91. The minimum atomic E-state index is 0.527. The van der Waals surface area contributed by atoms with Crippen molar-refractivity contribution in [2.45, 2.75) is 38.6 Å². The maximum Gasteiger partial charge on any atom is 0.153 e. The number of nitrogens with zero attached hydrogens (tertiary/aromatic N) is 3. The van der Waals surface area contributed by atoms with Crippen LogP contribution in [0, 0.1) is 5.92 Å². The van der Waals surface area contributed by atoms with Crippen LogP contribution in [0.3, 0.4) is 0 Å². The molecule has 0 saturated heterocycles. The van der Waals surface area contributed by atoms with Crippen LogP contribution in [0.2, 0.25) is 0 Å². The van der Waals surface area contributed by atoms with Crippen molar-refractivity contribution < 1.29 is 0 Å². The zero-order chi connectivity index (χ0) is 12.5. The van der Waals surface area contributed by atoms with Gasteiger partial charge in [0.25, 0.3) is 0 Å². The van der Waals surface area contributed by atoms with E-state index in [2.05, 4.69) is 38.3 Å². The minimum absolute atomic E-state index is 0.527. The Morgan fingerprint density at radius 2 is 2.39 bits per heavy atom. The molecule has 0 spiro atoms. The van der Waals surface area contributed by atoms with Crippen molar-refractivity contribution in [1.82, 2.24) is 14.6 Å². The molecule has 5 heteroatoms. The van der Waals surface area contributed by atoms with E-state index in [1.54, 1.807) is 6.20 Å². The zero-order valence-electron chi connectivity index (χ0n) is 10.4. The molecule has 0 radical (unpaired) electrons. The normalized spacial score (nSPS) is 17.7. The van der Waals surface area contributed by atoms with Crippen molar-refractivity contribution in [2.24, 2.45) is 5.92 Å². The van der Waals surface area contributed by atoms with E-state index in [1.165, 1.54) is 19.3 Å². The molecule has 2 aromatic heterocycles. The van der Waals surface area contributed by atoms with Crippen LogP contribution in [0.4, 0.5) is 5.82 Å². The molecule has 1 aliphatic carbocycles. The molecule has 0 aliphatic heterocycles. The summed E-state index contributed by atoms with van der Waals surface area (Å²) in [6.07, 6.45) is 10.7. The fraction of sp³-hybridized carbons (Fsp3) is 0.538. The van der Waals surface area contributed by atoms with Crippen molar-refractivity contribution in [1.29, 1.82) is 0 Å². The van der Waals surface area contributed by atoms with Gasteiger partial charge in [0, 0.05) is 18.4 Å². The fourth-order valence-corrected chi connectivity index (χ4v) is 3.05. The number of rotatable bonds is 4. The van der Waals surface area contributed by atoms with Crippen LogP contribution in [0.15, 0.2) is 23.1 Å². The van der Waals surface area contributed by atoms with Gasteiger partial charge in [-0.3, -0.25) is 0 Å². The van der Waals surface area contributed by atoms with Gasteiger partial charge >= 0.3 is 0 Å². The van der Waals surface area contributed by atoms with Crippen molar-refractivity contribution in [3.63, 3.8) is 0 Å². The lowest BCUT2D eigenvalue weighted by atomic mass is 9.79. The first-order valence-corrected chi connectivity index (χ1v) is 7.33. The van der Waals surface area contributed by atoms with Crippen molar-refractivity contribution in [3.05, 3.63) is 23.1 Å². The van der Waals surface area contributed by atoms with E-state index >= 15 is 0 Å². The van der Waals surface area contributed by atoms with Gasteiger partial charge in [-0.15, -0.1) is 0 Å². The lowest BCUT2D eigenvalue weighted by Gasteiger charge is -2.34. The van der Waals surface area contributed by atoms with E-state index in [1.807, 2.05) is 16.9 Å². The second-order valence-electron chi connectivity index (χ2n) is 4.91. The van der Waals surface area contributed by atoms with Gasteiger partial charge < -0.3 is 5.32 Å². The molecule has 1 saturated carbocycles. The molecule has 2 heterocycles. The molecule has 0 bridgehead atoms. The van der Waals surface area contributed by atoms with Gasteiger partial charge in [-0.05, 0) is 41.1 Å². The predicted molar refractivity (Wildman–Crippen MR) is 75.7 cm³/mol. The van der Waals surface area contributed by atoms with E-state index in [4.69, 9.17) is 0 Å². The molecule has 2 aromatic rings. The summed E-state index contributed by atoms with van der Waals surface area (Å²) in [6, 6.07) is 0.527. The molecule has 1 unspecified atom stereocenters. The summed E-state index contributed by atoms with van der Waals surface area (Å²) >= 11 is 3.53. The Morgan fingerprint density at radius 1 is 1.56 bits per heavy atom. The summed E-state index contributed by atoms with van der Waals surface area (Å²) in [7, 11) is 0. The summed E-state index contributed by atoms with van der Waals surface area (Å²) in [5.41, 5.74) is 1.02. The third-order valence-corrected chi connectivity index (χ3v) is 4.45. The van der Waals surface area contributed by atoms with Gasteiger partial charge in [0.15, 0.2) is 5.82 Å². The summed E-state index contributed by atoms with van der Waals surface area (Å²) in [5.74, 6) is 1.74. The van der Waals surface area contributed by atoms with E-state index in [-0.39, 0.29) is 0 Å². The van der Waals surface area contributed by atoms with Crippen LogP contribution in [0.1, 0.15) is 32.6 Å². The Kier molecular flexibility index (Phi) is 3.24. The third kappa shape index (κ3) is 2.00. The third-order valence-electron chi connectivity index (χ3n) is 3.87. The van der Waals surface area contributed by atoms with Crippen LogP contribution in [0.25, 0.3) is 5.52 Å². The largest absolute Gasteiger partial charge is 0.365 e. The molecule has 18 heavy (non-hydrogen) atoms. The lowest BCUT2D eigenvalue weighted by molar-refractivity contribution is 0.270. The second-order valence-corrected chi connectivity index (χ2v) is 5.77. The molecule has 0 aromatic carbocycles. The zero-order valence-corrected chi connectivity index (χ0v) is 12.0. The van der Waals surface area contributed by atoms with Crippen molar-refractivity contribution in [3.8, 4) is 0 Å². The number of hydrogen-bond donors (Lipinski definition) is 1. The fourth-order valence-electron chi connectivity index (χ4n) is 2.58. The summed E-state index contributed by atoms with van der Waals surface area (Å²) < 4.78 is 2.84. The highest BCUT2D eigenvalue weighted by Crippen LogP contribution is 2.33. The van der Waals surface area contributed by atoms with Crippen molar-refractivity contribution in [2.75, 3.05) is 5.32 Å².